The van der Waals surface area contributed by atoms with Gasteiger partial charge in [0.25, 0.3) is 0 Å². The summed E-state index contributed by atoms with van der Waals surface area (Å²) in [5.74, 6) is 0. The van der Waals surface area contributed by atoms with Crippen LogP contribution in [0.3, 0.4) is 0 Å². The molecule has 1 aromatic rings. The Labute approximate surface area is 78.6 Å². The van der Waals surface area contributed by atoms with Crippen LogP contribution in [0.25, 0.3) is 0 Å². The summed E-state index contributed by atoms with van der Waals surface area (Å²) in [5.41, 5.74) is 1.46. The number of pyridine rings is 1. The van der Waals surface area contributed by atoms with E-state index in [2.05, 4.69) is 27.8 Å². The first kappa shape index (κ1) is 8.66. The quantitative estimate of drug-likeness (QED) is 0.690. The van der Waals surface area contributed by atoms with Crippen LogP contribution in [0.2, 0.25) is 0 Å². The van der Waals surface area contributed by atoms with Crippen molar-refractivity contribution in [2.45, 2.75) is 12.0 Å². The number of hydrogen-bond donors (Lipinski definition) is 2. The normalized spacial score (nSPS) is 27.8. The molecule has 0 saturated carbocycles. The molecular weight excluding hydrogens is 162 g/mol. The van der Waals surface area contributed by atoms with Crippen LogP contribution in [0.15, 0.2) is 24.5 Å². The molecule has 13 heavy (non-hydrogen) atoms. The molecule has 0 aromatic carbocycles. The fraction of sp³-hybridized carbons (Fsp3) is 0.500. The van der Waals surface area contributed by atoms with Gasteiger partial charge >= 0.3 is 0 Å². The molecule has 0 aliphatic carbocycles. The molecule has 1 saturated heterocycles. The Morgan fingerprint density at radius 1 is 1.46 bits per heavy atom. The van der Waals surface area contributed by atoms with Crippen LogP contribution in [0.4, 0.5) is 0 Å². The lowest BCUT2D eigenvalue weighted by Crippen LogP contribution is -2.41. The zero-order valence-electron chi connectivity index (χ0n) is 7.88. The lowest BCUT2D eigenvalue weighted by Gasteiger charge is -2.28. The Hall–Kier alpha value is -0.930. The minimum Gasteiger partial charge on any atom is -0.314 e. The SMILES string of the molecule is CNC1(c2ccncc2)CCNC1. The van der Waals surface area contributed by atoms with E-state index in [9.17, 15) is 0 Å². The molecule has 2 heterocycles. The van der Waals surface area contributed by atoms with Crippen LogP contribution in [0.5, 0.6) is 0 Å². The third-order valence-electron chi connectivity index (χ3n) is 2.87. The zero-order chi connectivity index (χ0) is 9.15. The van der Waals surface area contributed by atoms with E-state index in [1.807, 2.05) is 19.4 Å². The van der Waals surface area contributed by atoms with Crippen LogP contribution >= 0.6 is 0 Å². The van der Waals surface area contributed by atoms with Crippen molar-refractivity contribution in [3.63, 3.8) is 0 Å². The second-order valence-electron chi connectivity index (χ2n) is 3.49. The molecule has 2 N–H and O–H groups in total. The van der Waals surface area contributed by atoms with E-state index in [1.165, 1.54) is 5.56 Å². The summed E-state index contributed by atoms with van der Waals surface area (Å²) >= 11 is 0. The minimum atomic E-state index is 0.128. The van der Waals surface area contributed by atoms with Crippen molar-refractivity contribution in [1.29, 1.82) is 0 Å². The molecule has 3 nitrogen and oxygen atoms in total. The largest absolute Gasteiger partial charge is 0.314 e. The highest BCUT2D eigenvalue weighted by Gasteiger charge is 2.33. The maximum absolute atomic E-state index is 4.03. The molecule has 2 rings (SSSR count). The van der Waals surface area contributed by atoms with Crippen molar-refractivity contribution in [2.24, 2.45) is 0 Å². The maximum atomic E-state index is 4.03. The standard InChI is InChI=1S/C10H15N3/c1-11-10(4-7-13-8-10)9-2-5-12-6-3-9/h2-3,5-6,11,13H,4,7-8H2,1H3. The van der Waals surface area contributed by atoms with Gasteiger partial charge in [0.1, 0.15) is 0 Å². The van der Waals surface area contributed by atoms with E-state index in [-0.39, 0.29) is 5.54 Å². The van der Waals surface area contributed by atoms with Crippen LogP contribution < -0.4 is 10.6 Å². The molecule has 1 aliphatic rings. The van der Waals surface area contributed by atoms with E-state index in [0.717, 1.165) is 19.5 Å². The van der Waals surface area contributed by atoms with Crippen LogP contribution in [0.1, 0.15) is 12.0 Å². The van der Waals surface area contributed by atoms with Gasteiger partial charge in [-0.3, -0.25) is 4.98 Å². The Bertz CT molecular complexity index is 265. The number of rotatable bonds is 2. The predicted molar refractivity (Wildman–Crippen MR) is 52.5 cm³/mol. The predicted octanol–water partition coefficient (Wildman–Crippen LogP) is 0.490. The molecule has 0 spiro atoms. The molecule has 1 unspecified atom stereocenters. The zero-order valence-corrected chi connectivity index (χ0v) is 7.88. The van der Waals surface area contributed by atoms with Crippen LogP contribution in [-0.2, 0) is 5.54 Å². The van der Waals surface area contributed by atoms with Gasteiger partial charge in [0, 0.05) is 18.9 Å². The first-order valence-electron chi connectivity index (χ1n) is 4.67. The van der Waals surface area contributed by atoms with Gasteiger partial charge in [-0.1, -0.05) is 0 Å². The summed E-state index contributed by atoms with van der Waals surface area (Å²) < 4.78 is 0. The first-order chi connectivity index (χ1) is 6.37. The second kappa shape index (κ2) is 3.44. The summed E-state index contributed by atoms with van der Waals surface area (Å²) in [5, 5.41) is 6.78. The minimum absolute atomic E-state index is 0.128. The van der Waals surface area contributed by atoms with Crippen molar-refractivity contribution in [1.82, 2.24) is 15.6 Å². The fourth-order valence-electron chi connectivity index (χ4n) is 1.97. The summed E-state index contributed by atoms with van der Waals surface area (Å²) in [6.45, 7) is 2.09. The third kappa shape index (κ3) is 1.45. The second-order valence-corrected chi connectivity index (χ2v) is 3.49. The van der Waals surface area contributed by atoms with E-state index in [1.54, 1.807) is 0 Å². The van der Waals surface area contributed by atoms with Crippen LogP contribution in [0, 0.1) is 0 Å². The molecule has 0 bridgehead atoms. The molecule has 1 atom stereocenters. The van der Waals surface area contributed by atoms with Gasteiger partial charge in [-0.05, 0) is 37.7 Å². The molecule has 0 amide bonds. The lowest BCUT2D eigenvalue weighted by molar-refractivity contribution is 0.398. The maximum Gasteiger partial charge on any atom is 0.0571 e. The molecule has 0 radical (unpaired) electrons. The first-order valence-corrected chi connectivity index (χ1v) is 4.67. The number of likely N-dealkylation sites (N-methyl/N-ethyl adjacent to an activating group) is 1. The Morgan fingerprint density at radius 3 is 2.77 bits per heavy atom. The number of hydrogen-bond acceptors (Lipinski definition) is 3. The summed E-state index contributed by atoms with van der Waals surface area (Å²) in [6, 6.07) is 4.17. The number of nitrogens with one attached hydrogen (secondary N) is 2. The number of aromatic nitrogens is 1. The van der Waals surface area contributed by atoms with E-state index >= 15 is 0 Å². The van der Waals surface area contributed by atoms with Gasteiger partial charge in [0.15, 0.2) is 0 Å². The van der Waals surface area contributed by atoms with Crippen molar-refractivity contribution in [2.75, 3.05) is 20.1 Å². The smallest absolute Gasteiger partial charge is 0.0571 e. The lowest BCUT2D eigenvalue weighted by atomic mass is 9.90. The fourth-order valence-corrected chi connectivity index (χ4v) is 1.97. The van der Waals surface area contributed by atoms with E-state index < -0.39 is 0 Å². The summed E-state index contributed by atoms with van der Waals surface area (Å²) in [6.07, 6.45) is 4.85. The molecule has 1 aromatic heterocycles. The van der Waals surface area contributed by atoms with Crippen molar-refractivity contribution in [3.8, 4) is 0 Å². The summed E-state index contributed by atoms with van der Waals surface area (Å²) in [7, 11) is 2.02. The van der Waals surface area contributed by atoms with Crippen molar-refractivity contribution < 1.29 is 0 Å². The average Bonchev–Trinajstić information content (AvgIpc) is 2.69. The molecule has 1 fully saturated rings. The van der Waals surface area contributed by atoms with Gasteiger partial charge in [0.05, 0.1) is 5.54 Å². The van der Waals surface area contributed by atoms with Crippen molar-refractivity contribution >= 4 is 0 Å². The van der Waals surface area contributed by atoms with Gasteiger partial charge in [0.2, 0.25) is 0 Å². The van der Waals surface area contributed by atoms with Gasteiger partial charge in [-0.25, -0.2) is 0 Å². The highest BCUT2D eigenvalue weighted by Crippen LogP contribution is 2.26. The third-order valence-corrected chi connectivity index (χ3v) is 2.87. The summed E-state index contributed by atoms with van der Waals surface area (Å²) in [4.78, 5) is 4.03. The Kier molecular flexibility index (Phi) is 2.29. The topological polar surface area (TPSA) is 37.0 Å². The van der Waals surface area contributed by atoms with Gasteiger partial charge in [-0.15, -0.1) is 0 Å². The highest BCUT2D eigenvalue weighted by atomic mass is 15.1. The van der Waals surface area contributed by atoms with Gasteiger partial charge in [-0.2, -0.15) is 0 Å². The van der Waals surface area contributed by atoms with Crippen LogP contribution in [-0.4, -0.2) is 25.1 Å². The monoisotopic (exact) mass is 177 g/mol. The molecule has 1 aliphatic heterocycles. The highest BCUT2D eigenvalue weighted by molar-refractivity contribution is 5.23. The Morgan fingerprint density at radius 2 is 2.23 bits per heavy atom. The average molecular weight is 177 g/mol. The number of nitrogens with zero attached hydrogens (tertiary/aromatic N) is 1. The Balaban J connectivity index is 2.31. The molecular formula is C10H15N3. The van der Waals surface area contributed by atoms with Crippen molar-refractivity contribution in [3.05, 3.63) is 30.1 Å². The van der Waals surface area contributed by atoms with E-state index in [4.69, 9.17) is 0 Å². The van der Waals surface area contributed by atoms with E-state index in [0.29, 0.717) is 0 Å². The molecule has 3 heteroatoms. The van der Waals surface area contributed by atoms with Gasteiger partial charge < -0.3 is 10.6 Å². The molecule has 70 valence electrons.